The molecule has 1 aromatic carbocycles. The first-order valence-electron chi connectivity index (χ1n) is 17.8. The van der Waals surface area contributed by atoms with Crippen LogP contribution in [-0.4, -0.2) is 63.1 Å². The van der Waals surface area contributed by atoms with E-state index < -0.39 is 30.0 Å². The van der Waals surface area contributed by atoms with Crippen molar-refractivity contribution in [3.05, 3.63) is 87.9 Å². The zero-order valence-corrected chi connectivity index (χ0v) is 30.7. The van der Waals surface area contributed by atoms with E-state index in [-0.39, 0.29) is 60.9 Å². The lowest BCUT2D eigenvalue weighted by Gasteiger charge is -2.41. The van der Waals surface area contributed by atoms with Crippen molar-refractivity contribution in [1.82, 2.24) is 20.2 Å². The fourth-order valence-electron chi connectivity index (χ4n) is 7.32. The van der Waals surface area contributed by atoms with Gasteiger partial charge in [-0.15, -0.1) is 11.3 Å². The molecule has 0 spiro atoms. The maximum absolute atomic E-state index is 13.5. The maximum atomic E-state index is 13.5. The number of alkyl halides is 3. The van der Waals surface area contributed by atoms with Crippen LogP contribution in [0.3, 0.4) is 0 Å². The van der Waals surface area contributed by atoms with Crippen molar-refractivity contribution >= 4 is 34.7 Å². The van der Waals surface area contributed by atoms with Gasteiger partial charge in [-0.05, 0) is 72.1 Å². The Morgan fingerprint density at radius 3 is 2.17 bits per heavy atom. The number of hydrogen-bond donors (Lipinski definition) is 2. The Labute approximate surface area is 306 Å². The van der Waals surface area contributed by atoms with Crippen molar-refractivity contribution in [2.75, 3.05) is 13.1 Å². The molecule has 1 aliphatic heterocycles. The Balaban J connectivity index is 1.09. The first-order valence-corrected chi connectivity index (χ1v) is 18.6. The standard InChI is InChI=1S/C40H45F3N4O4S/c1-38(2,3)33-14-13-32(52-33)35(48)46-31(36(49)47-22-28(23-47)37(50)51)19-24-5-7-26(8-6-24)34-44-20-27(21-45-34)25-15-17-39(4,18-16-25)29-9-11-30(12-10-29)40(41,42)43/h5-8,13-17,20-21,28-31H,9-12,18-19,22-23H2,1-4H3,(H,46,48)(H,50,51)/t29?,30?,31-,39?/m0/s1. The van der Waals surface area contributed by atoms with Gasteiger partial charge >= 0.3 is 12.1 Å². The summed E-state index contributed by atoms with van der Waals surface area (Å²) in [6, 6.07) is 10.3. The SMILES string of the molecule is CC(C)(C)c1ccc(C(=O)N[C@@H](Cc2ccc(-c3ncc(C4=CCC(C)(C5CCC(C(F)(F)F)CC5)C=C4)cn3)cc2)C(=O)N2CC(C(=O)O)C2)s1. The molecule has 1 saturated carbocycles. The van der Waals surface area contributed by atoms with Crippen LogP contribution in [0.2, 0.25) is 0 Å². The highest BCUT2D eigenvalue weighted by molar-refractivity contribution is 7.14. The minimum absolute atomic E-state index is 0.109. The number of aromatic nitrogens is 2. The van der Waals surface area contributed by atoms with Crippen LogP contribution in [0.25, 0.3) is 17.0 Å². The molecular formula is C40H45F3N4O4S. The average Bonchev–Trinajstić information content (AvgIpc) is 3.60. The van der Waals surface area contributed by atoms with E-state index in [1.54, 1.807) is 18.5 Å². The maximum Gasteiger partial charge on any atom is 0.391 e. The van der Waals surface area contributed by atoms with E-state index in [9.17, 15) is 32.7 Å². The average molecular weight is 735 g/mol. The monoisotopic (exact) mass is 734 g/mol. The fraction of sp³-hybridized carbons (Fsp3) is 0.475. The molecule has 0 bridgehead atoms. The Bertz CT molecular complexity index is 1850. The molecular weight excluding hydrogens is 690 g/mol. The van der Waals surface area contributed by atoms with Gasteiger partial charge in [0.15, 0.2) is 5.82 Å². The Morgan fingerprint density at radius 1 is 0.981 bits per heavy atom. The van der Waals surface area contributed by atoms with Crippen molar-refractivity contribution < 1.29 is 32.7 Å². The second-order valence-electron chi connectivity index (χ2n) is 15.7. The zero-order chi connectivity index (χ0) is 37.4. The molecule has 52 heavy (non-hydrogen) atoms. The molecule has 3 heterocycles. The van der Waals surface area contributed by atoms with Crippen LogP contribution in [0.5, 0.6) is 0 Å². The van der Waals surface area contributed by atoms with E-state index in [0.717, 1.165) is 33.6 Å². The molecule has 8 nitrogen and oxygen atoms in total. The topological polar surface area (TPSA) is 112 Å². The van der Waals surface area contributed by atoms with E-state index in [4.69, 9.17) is 0 Å². The van der Waals surface area contributed by atoms with Gasteiger partial charge in [-0.1, -0.05) is 70.2 Å². The molecule has 3 aliphatic rings. The summed E-state index contributed by atoms with van der Waals surface area (Å²) in [4.78, 5) is 50.4. The van der Waals surface area contributed by atoms with E-state index in [1.165, 1.54) is 16.2 Å². The third-order valence-electron chi connectivity index (χ3n) is 10.9. The number of carbonyl (C=O) groups is 3. The first kappa shape index (κ1) is 37.4. The van der Waals surface area contributed by atoms with Crippen LogP contribution in [0.1, 0.15) is 85.5 Å². The summed E-state index contributed by atoms with van der Waals surface area (Å²) >= 11 is 1.39. The smallest absolute Gasteiger partial charge is 0.391 e. The van der Waals surface area contributed by atoms with E-state index in [2.05, 4.69) is 55.1 Å². The van der Waals surface area contributed by atoms with Gasteiger partial charge in [0.05, 0.1) is 16.7 Å². The highest BCUT2D eigenvalue weighted by Crippen LogP contribution is 2.49. The van der Waals surface area contributed by atoms with Gasteiger partial charge < -0.3 is 15.3 Å². The van der Waals surface area contributed by atoms with Crippen LogP contribution in [0.4, 0.5) is 13.2 Å². The van der Waals surface area contributed by atoms with Crippen LogP contribution >= 0.6 is 11.3 Å². The first-order chi connectivity index (χ1) is 24.5. The summed E-state index contributed by atoms with van der Waals surface area (Å²) in [6.07, 6.45) is 8.25. The Morgan fingerprint density at radius 2 is 1.63 bits per heavy atom. The van der Waals surface area contributed by atoms with Crippen LogP contribution in [0, 0.1) is 23.2 Å². The molecule has 2 atom stereocenters. The molecule has 0 radical (unpaired) electrons. The van der Waals surface area contributed by atoms with Crippen LogP contribution in [-0.2, 0) is 21.4 Å². The minimum atomic E-state index is -4.11. The number of likely N-dealkylation sites (tertiary alicyclic amines) is 1. The lowest BCUT2D eigenvalue weighted by Crippen LogP contribution is -2.59. The number of thiophene rings is 1. The highest BCUT2D eigenvalue weighted by atomic mass is 32.1. The molecule has 2 N–H and O–H groups in total. The number of halogens is 3. The van der Waals surface area contributed by atoms with Gasteiger partial charge in [0.1, 0.15) is 6.04 Å². The number of allylic oxidation sites excluding steroid dienone is 4. The Hall–Kier alpha value is -4.32. The third-order valence-corrected chi connectivity index (χ3v) is 12.4. The molecule has 3 aromatic rings. The van der Waals surface area contributed by atoms with Gasteiger partial charge in [0.25, 0.3) is 5.91 Å². The van der Waals surface area contributed by atoms with Gasteiger partial charge in [-0.2, -0.15) is 13.2 Å². The van der Waals surface area contributed by atoms with Crippen molar-refractivity contribution in [3.63, 3.8) is 0 Å². The lowest BCUT2D eigenvalue weighted by molar-refractivity contribution is -0.185. The van der Waals surface area contributed by atoms with Crippen molar-refractivity contribution in [2.24, 2.45) is 23.2 Å². The molecule has 2 aliphatic carbocycles. The van der Waals surface area contributed by atoms with Crippen molar-refractivity contribution in [2.45, 2.75) is 83.9 Å². The summed E-state index contributed by atoms with van der Waals surface area (Å²) in [5, 5.41) is 12.2. The van der Waals surface area contributed by atoms with Gasteiger partial charge in [0, 0.05) is 47.9 Å². The zero-order valence-electron chi connectivity index (χ0n) is 29.9. The Kier molecular flexibility index (Phi) is 10.5. The van der Waals surface area contributed by atoms with Gasteiger partial charge in [0.2, 0.25) is 5.91 Å². The van der Waals surface area contributed by atoms with Gasteiger partial charge in [-0.25, -0.2) is 9.97 Å². The normalized spacial score (nSPS) is 23.1. The predicted molar refractivity (Wildman–Crippen MR) is 194 cm³/mol. The van der Waals surface area contributed by atoms with Gasteiger partial charge in [-0.3, -0.25) is 14.4 Å². The second kappa shape index (κ2) is 14.6. The number of aliphatic carboxylic acids is 1. The summed E-state index contributed by atoms with van der Waals surface area (Å²) < 4.78 is 39.5. The van der Waals surface area contributed by atoms with E-state index in [0.29, 0.717) is 23.5 Å². The summed E-state index contributed by atoms with van der Waals surface area (Å²) in [7, 11) is 0. The molecule has 6 rings (SSSR count). The molecule has 2 amide bonds. The third kappa shape index (κ3) is 8.32. The van der Waals surface area contributed by atoms with Crippen LogP contribution in [0.15, 0.2) is 67.0 Å². The largest absolute Gasteiger partial charge is 0.481 e. The minimum Gasteiger partial charge on any atom is -0.481 e. The van der Waals surface area contributed by atoms with Crippen molar-refractivity contribution in [3.8, 4) is 11.4 Å². The second-order valence-corrected chi connectivity index (χ2v) is 16.8. The van der Waals surface area contributed by atoms with E-state index >= 15 is 0 Å². The highest BCUT2D eigenvalue weighted by Gasteiger charge is 2.44. The fourth-order valence-corrected chi connectivity index (χ4v) is 8.29. The predicted octanol–water partition coefficient (Wildman–Crippen LogP) is 8.11. The lowest BCUT2D eigenvalue weighted by atomic mass is 9.64. The summed E-state index contributed by atoms with van der Waals surface area (Å²) in [5.74, 6) is -2.66. The number of amides is 2. The van der Waals surface area contributed by atoms with E-state index in [1.807, 2.05) is 36.4 Å². The number of nitrogens with one attached hydrogen (secondary N) is 1. The molecule has 1 saturated heterocycles. The van der Waals surface area contributed by atoms with Crippen LogP contribution < -0.4 is 5.32 Å². The summed E-state index contributed by atoms with van der Waals surface area (Å²) in [5.41, 5.74) is 3.13. The number of nitrogens with zero attached hydrogens (tertiary/aromatic N) is 3. The number of hydrogen-bond acceptors (Lipinski definition) is 6. The molecule has 2 fully saturated rings. The number of carboxylic acids is 1. The quantitative estimate of drug-likeness (QED) is 0.230. The number of benzene rings is 1. The molecule has 1 unspecified atom stereocenters. The number of rotatable bonds is 9. The van der Waals surface area contributed by atoms with Crippen molar-refractivity contribution in [1.29, 1.82) is 0 Å². The molecule has 2 aromatic heterocycles. The number of carbonyl (C=O) groups excluding carboxylic acids is 2. The molecule has 12 heteroatoms. The number of carboxylic acid groups (broad SMARTS) is 1. The summed E-state index contributed by atoms with van der Waals surface area (Å²) in [6.45, 7) is 8.57. The molecule has 276 valence electrons.